The van der Waals surface area contributed by atoms with Crippen LogP contribution in [0.1, 0.15) is 11.1 Å². The Morgan fingerprint density at radius 2 is 1.89 bits per heavy atom. The summed E-state index contributed by atoms with van der Waals surface area (Å²) >= 11 is 0. The van der Waals surface area contributed by atoms with E-state index < -0.39 is 0 Å². The first-order valence-corrected chi connectivity index (χ1v) is 5.81. The van der Waals surface area contributed by atoms with Crippen molar-refractivity contribution in [1.29, 1.82) is 0 Å². The summed E-state index contributed by atoms with van der Waals surface area (Å²) in [6, 6.07) is 13.9. The molecule has 18 heavy (non-hydrogen) atoms. The summed E-state index contributed by atoms with van der Waals surface area (Å²) in [4.78, 5) is 8.28. The Labute approximate surface area is 107 Å². The minimum absolute atomic E-state index is 0.447. The zero-order valence-corrected chi connectivity index (χ0v) is 10.1. The number of aliphatic imine (C=N–C) groups is 1. The molecule has 0 unspecified atom stereocenters. The Hall–Kier alpha value is -2.36. The highest BCUT2D eigenvalue weighted by atomic mass is 15.1. The van der Waals surface area contributed by atoms with Crippen LogP contribution >= 0.6 is 0 Å². The van der Waals surface area contributed by atoms with Gasteiger partial charge in [-0.25, -0.2) is 4.99 Å². The molecule has 0 aliphatic heterocycles. The summed E-state index contributed by atoms with van der Waals surface area (Å²) in [6.07, 6.45) is 3.53. The van der Waals surface area contributed by atoms with E-state index in [0.29, 0.717) is 19.0 Å². The van der Waals surface area contributed by atoms with Crippen LogP contribution in [-0.2, 0) is 13.1 Å². The van der Waals surface area contributed by atoms with Crippen molar-refractivity contribution in [3.05, 3.63) is 66.0 Å². The Balaban J connectivity index is 1.83. The molecule has 4 heteroatoms. The predicted molar refractivity (Wildman–Crippen MR) is 72.8 cm³/mol. The van der Waals surface area contributed by atoms with Crippen LogP contribution in [0.4, 0.5) is 0 Å². The standard InChI is InChI=1S/C14H16N4/c15-14(17-10-12-5-2-1-3-6-12)18-11-13-7-4-8-16-9-13/h1-9H,10-11H2,(H3,15,17,18). The van der Waals surface area contributed by atoms with Crippen molar-refractivity contribution >= 4 is 5.96 Å². The molecule has 0 amide bonds. The lowest BCUT2D eigenvalue weighted by Crippen LogP contribution is -2.31. The van der Waals surface area contributed by atoms with E-state index in [1.165, 1.54) is 5.56 Å². The first-order chi connectivity index (χ1) is 8.84. The molecule has 0 saturated heterocycles. The van der Waals surface area contributed by atoms with Gasteiger partial charge in [0.05, 0.1) is 6.54 Å². The molecule has 4 nitrogen and oxygen atoms in total. The summed E-state index contributed by atoms with van der Waals surface area (Å²) in [6.45, 7) is 1.23. The predicted octanol–water partition coefficient (Wildman–Crippen LogP) is 1.69. The van der Waals surface area contributed by atoms with Gasteiger partial charge in [-0.15, -0.1) is 0 Å². The first kappa shape index (κ1) is 12.1. The van der Waals surface area contributed by atoms with Crippen molar-refractivity contribution < 1.29 is 0 Å². The number of guanidine groups is 1. The summed E-state index contributed by atoms with van der Waals surface area (Å²) in [5, 5.41) is 3.08. The lowest BCUT2D eigenvalue weighted by Gasteiger charge is -2.05. The van der Waals surface area contributed by atoms with Crippen molar-refractivity contribution in [3.63, 3.8) is 0 Å². The number of hydrogen-bond donors (Lipinski definition) is 2. The molecule has 0 radical (unpaired) electrons. The number of nitrogens with two attached hydrogens (primary N) is 1. The number of nitrogens with zero attached hydrogens (tertiary/aromatic N) is 2. The van der Waals surface area contributed by atoms with Crippen LogP contribution in [0.15, 0.2) is 59.9 Å². The van der Waals surface area contributed by atoms with E-state index in [4.69, 9.17) is 5.73 Å². The molecular weight excluding hydrogens is 224 g/mol. The third kappa shape index (κ3) is 3.90. The van der Waals surface area contributed by atoms with Gasteiger partial charge in [-0.3, -0.25) is 4.98 Å². The summed E-state index contributed by atoms with van der Waals surface area (Å²) in [5.41, 5.74) is 8.01. The van der Waals surface area contributed by atoms with Crippen LogP contribution in [0.3, 0.4) is 0 Å². The maximum atomic E-state index is 5.79. The van der Waals surface area contributed by atoms with Crippen LogP contribution in [0.2, 0.25) is 0 Å². The van der Waals surface area contributed by atoms with Gasteiger partial charge in [0.25, 0.3) is 0 Å². The normalized spacial score (nSPS) is 11.2. The third-order valence-electron chi connectivity index (χ3n) is 2.47. The van der Waals surface area contributed by atoms with Crippen molar-refractivity contribution in [3.8, 4) is 0 Å². The molecule has 1 aromatic carbocycles. The Morgan fingerprint density at radius 3 is 2.61 bits per heavy atom. The molecule has 1 aromatic heterocycles. The number of rotatable bonds is 4. The van der Waals surface area contributed by atoms with Gasteiger partial charge in [-0.05, 0) is 17.2 Å². The van der Waals surface area contributed by atoms with Gasteiger partial charge in [0.15, 0.2) is 5.96 Å². The summed E-state index contributed by atoms with van der Waals surface area (Å²) < 4.78 is 0. The molecule has 0 bridgehead atoms. The second-order valence-corrected chi connectivity index (χ2v) is 3.90. The Kier molecular flexibility index (Phi) is 4.30. The second-order valence-electron chi connectivity index (χ2n) is 3.90. The number of aromatic nitrogens is 1. The molecule has 1 heterocycles. The smallest absolute Gasteiger partial charge is 0.189 e. The zero-order valence-electron chi connectivity index (χ0n) is 10.1. The SMILES string of the molecule is NC(=NCc1cccnc1)NCc1ccccc1. The number of nitrogens with one attached hydrogen (secondary N) is 1. The largest absolute Gasteiger partial charge is 0.370 e. The van der Waals surface area contributed by atoms with Crippen molar-refractivity contribution in [1.82, 2.24) is 10.3 Å². The quantitative estimate of drug-likeness (QED) is 0.631. The lowest BCUT2D eigenvalue weighted by atomic mass is 10.2. The number of hydrogen-bond acceptors (Lipinski definition) is 2. The van der Waals surface area contributed by atoms with E-state index in [0.717, 1.165) is 5.56 Å². The van der Waals surface area contributed by atoms with E-state index in [1.54, 1.807) is 12.4 Å². The number of pyridine rings is 1. The number of benzene rings is 1. The minimum Gasteiger partial charge on any atom is -0.370 e. The molecular formula is C14H16N4. The van der Waals surface area contributed by atoms with Crippen molar-refractivity contribution in [2.24, 2.45) is 10.7 Å². The molecule has 92 valence electrons. The maximum Gasteiger partial charge on any atom is 0.189 e. The fourth-order valence-electron chi connectivity index (χ4n) is 1.51. The average molecular weight is 240 g/mol. The molecule has 3 N–H and O–H groups in total. The molecule has 2 rings (SSSR count). The highest BCUT2D eigenvalue weighted by Gasteiger charge is 1.94. The molecule has 0 aliphatic carbocycles. The lowest BCUT2D eigenvalue weighted by molar-refractivity contribution is 0.884. The Bertz CT molecular complexity index is 494. The van der Waals surface area contributed by atoms with E-state index in [9.17, 15) is 0 Å². The summed E-state index contributed by atoms with van der Waals surface area (Å²) in [5.74, 6) is 0.447. The monoisotopic (exact) mass is 240 g/mol. The minimum atomic E-state index is 0.447. The van der Waals surface area contributed by atoms with E-state index >= 15 is 0 Å². The first-order valence-electron chi connectivity index (χ1n) is 5.81. The van der Waals surface area contributed by atoms with E-state index in [-0.39, 0.29) is 0 Å². The molecule has 0 atom stereocenters. The second kappa shape index (κ2) is 6.39. The van der Waals surface area contributed by atoms with Gasteiger partial charge >= 0.3 is 0 Å². The van der Waals surface area contributed by atoms with E-state index in [2.05, 4.69) is 15.3 Å². The van der Waals surface area contributed by atoms with Crippen LogP contribution < -0.4 is 11.1 Å². The van der Waals surface area contributed by atoms with Gasteiger partial charge in [0.1, 0.15) is 0 Å². The van der Waals surface area contributed by atoms with Crippen molar-refractivity contribution in [2.75, 3.05) is 0 Å². The molecule has 2 aromatic rings. The van der Waals surface area contributed by atoms with E-state index in [1.807, 2.05) is 42.5 Å². The van der Waals surface area contributed by atoms with Crippen LogP contribution in [0.5, 0.6) is 0 Å². The molecule has 0 spiro atoms. The molecule has 0 fully saturated rings. The van der Waals surface area contributed by atoms with Gasteiger partial charge in [-0.1, -0.05) is 36.4 Å². The van der Waals surface area contributed by atoms with Crippen LogP contribution in [0, 0.1) is 0 Å². The topological polar surface area (TPSA) is 63.3 Å². The Morgan fingerprint density at radius 1 is 1.11 bits per heavy atom. The zero-order chi connectivity index (χ0) is 12.6. The van der Waals surface area contributed by atoms with Gasteiger partial charge < -0.3 is 11.1 Å². The van der Waals surface area contributed by atoms with Crippen LogP contribution in [0.25, 0.3) is 0 Å². The maximum absolute atomic E-state index is 5.79. The van der Waals surface area contributed by atoms with Gasteiger partial charge in [0.2, 0.25) is 0 Å². The highest BCUT2D eigenvalue weighted by Crippen LogP contribution is 1.98. The molecule has 0 saturated carbocycles. The van der Waals surface area contributed by atoms with Gasteiger partial charge in [-0.2, -0.15) is 0 Å². The van der Waals surface area contributed by atoms with Crippen LogP contribution in [-0.4, -0.2) is 10.9 Å². The highest BCUT2D eigenvalue weighted by molar-refractivity contribution is 5.77. The summed E-state index contributed by atoms with van der Waals surface area (Å²) in [7, 11) is 0. The fourth-order valence-corrected chi connectivity index (χ4v) is 1.51. The average Bonchev–Trinajstić information content (AvgIpc) is 2.45. The fraction of sp³-hybridized carbons (Fsp3) is 0.143. The third-order valence-corrected chi connectivity index (χ3v) is 2.47. The van der Waals surface area contributed by atoms with Crippen molar-refractivity contribution in [2.45, 2.75) is 13.1 Å². The van der Waals surface area contributed by atoms with Gasteiger partial charge in [0, 0.05) is 18.9 Å². The molecule has 0 aliphatic rings.